The molecule has 4 heterocycles. The van der Waals surface area contributed by atoms with E-state index in [1.54, 1.807) is 0 Å². The fraction of sp³-hybridized carbons (Fsp3) is 0.100. The van der Waals surface area contributed by atoms with Crippen molar-refractivity contribution in [3.8, 4) is 22.8 Å². The lowest BCUT2D eigenvalue weighted by molar-refractivity contribution is 0.667. The molecule has 58 heavy (non-hydrogen) atoms. The Kier molecular flexibility index (Phi) is 8.31. The lowest BCUT2D eigenvalue weighted by Gasteiger charge is -2.33. The summed E-state index contributed by atoms with van der Waals surface area (Å²) in [7, 11) is 0. The number of aromatic nitrogens is 4. The molecule has 2 aliphatic heterocycles. The maximum absolute atomic E-state index is 5.44. The minimum absolute atomic E-state index is 0.00233. The highest BCUT2D eigenvalue weighted by Gasteiger charge is 2.36. The van der Waals surface area contributed by atoms with E-state index in [1.807, 2.05) is 85.2 Å². The molecule has 3 unspecified atom stereocenters. The standard InChI is InChI=1S/C50H36N8/c1-5-14-31(15-6-1)47-51-29-39-41(53-47)26-24-37-43(55-49(57-45(37)39)33-18-9-3-10-19-33)35-22-13-23-36(28-35)44-38-25-27-42-40(30-52-48(54-42)32-16-7-2-8-17-32)46(38)58-50(56-44)34-20-11-4-12-21-34/h1-24,26,28-30,38,43,50H,25,27H2,(H,55,57). The van der Waals surface area contributed by atoms with E-state index in [4.69, 9.17) is 34.9 Å². The number of nitrogens with zero attached hydrogens (tertiary/aromatic N) is 7. The number of hydrogen-bond acceptors (Lipinski definition) is 8. The molecule has 8 nitrogen and oxygen atoms in total. The molecule has 8 heteroatoms. The predicted molar refractivity (Wildman–Crippen MR) is 231 cm³/mol. The second kappa shape index (κ2) is 14.2. The molecule has 0 bridgehead atoms. The second-order valence-electron chi connectivity index (χ2n) is 14.8. The molecular weight excluding hydrogens is 713 g/mol. The molecular formula is C50H36N8. The summed E-state index contributed by atoms with van der Waals surface area (Å²) in [6.45, 7) is 0. The maximum Gasteiger partial charge on any atom is 0.165 e. The number of aryl methyl sites for hydroxylation is 1. The van der Waals surface area contributed by atoms with Gasteiger partial charge in [0.2, 0.25) is 0 Å². The Morgan fingerprint density at radius 3 is 1.88 bits per heavy atom. The van der Waals surface area contributed by atoms with Crippen LogP contribution < -0.4 is 5.32 Å². The fourth-order valence-corrected chi connectivity index (χ4v) is 8.44. The van der Waals surface area contributed by atoms with E-state index in [-0.39, 0.29) is 18.1 Å². The van der Waals surface area contributed by atoms with Gasteiger partial charge >= 0.3 is 0 Å². The third-order valence-corrected chi connectivity index (χ3v) is 11.3. The van der Waals surface area contributed by atoms with Crippen LogP contribution in [0.25, 0.3) is 33.7 Å². The highest BCUT2D eigenvalue weighted by molar-refractivity contribution is 6.22. The summed E-state index contributed by atoms with van der Waals surface area (Å²) >= 11 is 0. The molecule has 0 saturated heterocycles. The molecule has 1 N–H and O–H groups in total. The SMILES string of the molecule is c1ccc(C2=NC(c3cccc(C4=NC(c5ccccc5)N=C5c6cnc(-c7ccccc7)nc6CCC45)c3)c3ccc4nc(-c5ccccc5)ncc4c3N2)cc1. The van der Waals surface area contributed by atoms with Crippen molar-refractivity contribution in [1.82, 2.24) is 19.9 Å². The quantitative estimate of drug-likeness (QED) is 0.182. The third kappa shape index (κ3) is 6.06. The van der Waals surface area contributed by atoms with E-state index >= 15 is 0 Å². The van der Waals surface area contributed by atoms with Crippen molar-refractivity contribution in [3.63, 3.8) is 0 Å². The number of aliphatic imine (C=N–C) groups is 3. The van der Waals surface area contributed by atoms with Gasteiger partial charge in [-0.05, 0) is 41.7 Å². The van der Waals surface area contributed by atoms with Crippen molar-refractivity contribution in [3.05, 3.63) is 209 Å². The first-order valence-electron chi connectivity index (χ1n) is 19.7. The topological polar surface area (TPSA) is 101 Å². The monoisotopic (exact) mass is 748 g/mol. The van der Waals surface area contributed by atoms with E-state index < -0.39 is 0 Å². The zero-order valence-electron chi connectivity index (χ0n) is 31.4. The van der Waals surface area contributed by atoms with Gasteiger partial charge in [0.1, 0.15) is 11.9 Å². The van der Waals surface area contributed by atoms with Gasteiger partial charge in [-0.15, -0.1) is 0 Å². The number of benzene rings is 6. The van der Waals surface area contributed by atoms with Crippen molar-refractivity contribution in [2.45, 2.75) is 25.0 Å². The largest absolute Gasteiger partial charge is 0.339 e. The van der Waals surface area contributed by atoms with Crippen molar-refractivity contribution in [2.24, 2.45) is 20.9 Å². The average Bonchev–Trinajstić information content (AvgIpc) is 3.31. The van der Waals surface area contributed by atoms with Crippen LogP contribution >= 0.6 is 0 Å². The Hall–Kier alpha value is -7.45. The number of rotatable bonds is 6. The minimum atomic E-state index is -0.389. The number of amidine groups is 1. The highest BCUT2D eigenvalue weighted by atomic mass is 15.1. The Labute approximate surface area is 335 Å². The minimum Gasteiger partial charge on any atom is -0.339 e. The van der Waals surface area contributed by atoms with E-state index in [0.717, 1.165) is 103 Å². The van der Waals surface area contributed by atoms with E-state index in [9.17, 15) is 0 Å². The molecule has 3 aliphatic rings. The summed E-state index contributed by atoms with van der Waals surface area (Å²) in [6.07, 6.45) is 5.18. The maximum atomic E-state index is 5.44. The Bertz CT molecular complexity index is 2930. The van der Waals surface area contributed by atoms with Crippen LogP contribution in [0.5, 0.6) is 0 Å². The summed E-state index contributed by atoms with van der Waals surface area (Å²) in [5.74, 6) is 2.24. The van der Waals surface area contributed by atoms with Crippen LogP contribution in [0, 0.1) is 5.92 Å². The van der Waals surface area contributed by atoms with E-state index in [2.05, 4.69) is 90.2 Å². The normalized spacial score (nSPS) is 18.1. The molecule has 0 spiro atoms. The highest BCUT2D eigenvalue weighted by Crippen LogP contribution is 2.42. The van der Waals surface area contributed by atoms with Gasteiger partial charge in [-0.2, -0.15) is 0 Å². The van der Waals surface area contributed by atoms with Crippen molar-refractivity contribution >= 4 is 33.8 Å². The molecule has 276 valence electrons. The lowest BCUT2D eigenvalue weighted by Crippen LogP contribution is -2.35. The average molecular weight is 749 g/mol. The van der Waals surface area contributed by atoms with E-state index in [1.165, 1.54) is 0 Å². The van der Waals surface area contributed by atoms with Crippen LogP contribution in [-0.4, -0.2) is 37.2 Å². The van der Waals surface area contributed by atoms with Crippen molar-refractivity contribution in [2.75, 3.05) is 5.32 Å². The van der Waals surface area contributed by atoms with Crippen LogP contribution in [0.2, 0.25) is 0 Å². The smallest absolute Gasteiger partial charge is 0.165 e. The van der Waals surface area contributed by atoms with Crippen LogP contribution in [0.4, 0.5) is 5.69 Å². The third-order valence-electron chi connectivity index (χ3n) is 11.3. The zero-order valence-corrected chi connectivity index (χ0v) is 31.4. The molecule has 3 atom stereocenters. The van der Waals surface area contributed by atoms with Gasteiger partial charge < -0.3 is 5.32 Å². The number of hydrogen-bond donors (Lipinski definition) is 1. The zero-order chi connectivity index (χ0) is 38.4. The van der Waals surface area contributed by atoms with Crippen LogP contribution in [0.3, 0.4) is 0 Å². The van der Waals surface area contributed by atoms with Crippen LogP contribution in [0.1, 0.15) is 57.7 Å². The second-order valence-corrected chi connectivity index (χ2v) is 14.8. The van der Waals surface area contributed by atoms with Gasteiger partial charge in [0.15, 0.2) is 17.8 Å². The van der Waals surface area contributed by atoms with Crippen LogP contribution in [-0.2, 0) is 6.42 Å². The van der Waals surface area contributed by atoms with Gasteiger partial charge in [-0.3, -0.25) is 15.0 Å². The molecule has 0 fully saturated rings. The molecule has 1 aliphatic carbocycles. The number of fused-ring (bicyclic) bond motifs is 6. The molecule has 11 rings (SSSR count). The molecule has 2 aromatic heterocycles. The Morgan fingerprint density at radius 1 is 0.517 bits per heavy atom. The van der Waals surface area contributed by atoms with Crippen LogP contribution in [0.15, 0.2) is 185 Å². The van der Waals surface area contributed by atoms with Crippen molar-refractivity contribution < 1.29 is 0 Å². The fourth-order valence-electron chi connectivity index (χ4n) is 8.44. The summed E-state index contributed by atoms with van der Waals surface area (Å²) in [5.41, 5.74) is 13.2. The van der Waals surface area contributed by atoms with E-state index in [0.29, 0.717) is 5.82 Å². The molecule has 0 radical (unpaired) electrons. The summed E-state index contributed by atoms with van der Waals surface area (Å²) < 4.78 is 0. The van der Waals surface area contributed by atoms with Gasteiger partial charge in [-0.1, -0.05) is 146 Å². The lowest BCUT2D eigenvalue weighted by atomic mass is 9.78. The molecule has 0 amide bonds. The Balaban J connectivity index is 1.02. The Morgan fingerprint density at radius 2 is 1.14 bits per heavy atom. The first-order valence-corrected chi connectivity index (χ1v) is 19.7. The molecule has 8 aromatic rings. The number of anilines is 1. The summed E-state index contributed by atoms with van der Waals surface area (Å²) in [5, 5.41) is 4.64. The first kappa shape index (κ1) is 33.9. The van der Waals surface area contributed by atoms with Gasteiger partial charge in [0.25, 0.3) is 0 Å². The molecule has 0 saturated carbocycles. The van der Waals surface area contributed by atoms with Gasteiger partial charge in [-0.25, -0.2) is 19.9 Å². The first-order chi connectivity index (χ1) is 28.7. The van der Waals surface area contributed by atoms with Crippen molar-refractivity contribution in [1.29, 1.82) is 0 Å². The summed E-state index contributed by atoms with van der Waals surface area (Å²) in [4.78, 5) is 36.0. The van der Waals surface area contributed by atoms with Gasteiger partial charge in [0.05, 0.1) is 28.3 Å². The summed E-state index contributed by atoms with van der Waals surface area (Å²) in [6, 6.07) is 53.6. The van der Waals surface area contributed by atoms with Gasteiger partial charge in [0, 0.05) is 51.5 Å². The predicted octanol–water partition coefficient (Wildman–Crippen LogP) is 10.3. The molecule has 6 aromatic carbocycles. The number of nitrogens with one attached hydrogen (secondary N) is 1.